The van der Waals surface area contributed by atoms with Gasteiger partial charge < -0.3 is 5.73 Å². The molecule has 1 aromatic rings. The fraction of sp³-hybridized carbons (Fsp3) is 0.538. The predicted octanol–water partition coefficient (Wildman–Crippen LogP) is 3.06. The first-order chi connectivity index (χ1) is 7.06. The highest BCUT2D eigenvalue weighted by atomic mass is 19.1. The molecule has 82 valence electrons. The molecule has 15 heavy (non-hydrogen) atoms. The molecule has 2 N–H and O–H groups in total. The van der Waals surface area contributed by atoms with Crippen molar-refractivity contribution in [1.82, 2.24) is 0 Å². The molecule has 0 bridgehead atoms. The van der Waals surface area contributed by atoms with Gasteiger partial charge in [-0.2, -0.15) is 0 Å². The fourth-order valence-electron chi connectivity index (χ4n) is 2.51. The summed E-state index contributed by atoms with van der Waals surface area (Å²) in [6.07, 6.45) is 2.40. The van der Waals surface area contributed by atoms with E-state index in [1.165, 1.54) is 30.5 Å². The molecule has 0 heterocycles. The Morgan fingerprint density at radius 1 is 1.20 bits per heavy atom. The van der Waals surface area contributed by atoms with Crippen molar-refractivity contribution in [3.63, 3.8) is 0 Å². The predicted molar refractivity (Wildman–Crippen MR) is 60.1 cm³/mol. The molecule has 1 nitrogen and oxygen atoms in total. The van der Waals surface area contributed by atoms with Crippen LogP contribution in [0.25, 0.3) is 0 Å². The van der Waals surface area contributed by atoms with Gasteiger partial charge in [0, 0.05) is 6.04 Å². The number of nitrogens with two attached hydrogens (primary N) is 1. The molecule has 1 aliphatic rings. The highest BCUT2D eigenvalue weighted by Crippen LogP contribution is 2.57. The van der Waals surface area contributed by atoms with Crippen LogP contribution in [-0.2, 0) is 0 Å². The Kier molecular flexibility index (Phi) is 2.55. The van der Waals surface area contributed by atoms with Crippen LogP contribution >= 0.6 is 0 Å². The van der Waals surface area contributed by atoms with E-state index in [1.54, 1.807) is 0 Å². The molecule has 0 radical (unpaired) electrons. The molecule has 1 saturated carbocycles. The van der Waals surface area contributed by atoms with Crippen molar-refractivity contribution in [2.24, 2.45) is 11.1 Å². The zero-order valence-corrected chi connectivity index (χ0v) is 9.33. The molecule has 1 aromatic carbocycles. The van der Waals surface area contributed by atoms with E-state index < -0.39 is 0 Å². The minimum Gasteiger partial charge on any atom is -0.327 e. The van der Waals surface area contributed by atoms with Gasteiger partial charge in [0.05, 0.1) is 0 Å². The molecule has 1 fully saturated rings. The molecule has 0 amide bonds. The molecule has 2 rings (SSSR count). The van der Waals surface area contributed by atoms with E-state index in [4.69, 9.17) is 5.73 Å². The summed E-state index contributed by atoms with van der Waals surface area (Å²) >= 11 is 0. The lowest BCUT2D eigenvalue weighted by Crippen LogP contribution is -2.32. The maximum Gasteiger partial charge on any atom is 0.123 e. The summed E-state index contributed by atoms with van der Waals surface area (Å²) in [6.45, 7) is 4.27. The van der Waals surface area contributed by atoms with E-state index in [1.807, 2.05) is 12.1 Å². The zero-order chi connectivity index (χ0) is 11.1. The summed E-state index contributed by atoms with van der Waals surface area (Å²) in [5, 5.41) is 0. The molecule has 0 aliphatic heterocycles. The van der Waals surface area contributed by atoms with E-state index in [-0.39, 0.29) is 17.3 Å². The maximum atomic E-state index is 12.8. The highest BCUT2D eigenvalue weighted by Gasteiger charge is 2.50. The molecular weight excluding hydrogens is 189 g/mol. The third kappa shape index (κ3) is 1.78. The van der Waals surface area contributed by atoms with Gasteiger partial charge in [-0.1, -0.05) is 19.1 Å². The Labute approximate surface area is 90.5 Å². The standard InChI is InChI=1S/C13H18FN/c1-9(13(7-8-13)10(2)15)11-3-5-12(14)6-4-11/h3-6,9-10H,7-8,15H2,1-2H3. The minimum atomic E-state index is -0.170. The highest BCUT2D eigenvalue weighted by molar-refractivity contribution is 5.25. The minimum absolute atomic E-state index is 0.170. The summed E-state index contributed by atoms with van der Waals surface area (Å²) in [5.74, 6) is 0.259. The summed E-state index contributed by atoms with van der Waals surface area (Å²) < 4.78 is 12.8. The van der Waals surface area contributed by atoms with Crippen LogP contribution in [0, 0.1) is 11.2 Å². The van der Waals surface area contributed by atoms with Gasteiger partial charge in [-0.25, -0.2) is 4.39 Å². The third-order valence-corrected chi connectivity index (χ3v) is 3.97. The summed E-state index contributed by atoms with van der Waals surface area (Å²) in [7, 11) is 0. The molecule has 2 atom stereocenters. The molecule has 2 unspecified atom stereocenters. The van der Waals surface area contributed by atoms with Crippen LogP contribution in [0.1, 0.15) is 38.2 Å². The van der Waals surface area contributed by atoms with Crippen molar-refractivity contribution in [1.29, 1.82) is 0 Å². The van der Waals surface area contributed by atoms with Crippen molar-refractivity contribution in [3.05, 3.63) is 35.6 Å². The van der Waals surface area contributed by atoms with Gasteiger partial charge in [-0.05, 0) is 48.8 Å². The fourth-order valence-corrected chi connectivity index (χ4v) is 2.51. The van der Waals surface area contributed by atoms with Gasteiger partial charge in [0.15, 0.2) is 0 Å². The van der Waals surface area contributed by atoms with Crippen molar-refractivity contribution >= 4 is 0 Å². The van der Waals surface area contributed by atoms with Gasteiger partial charge in [0.2, 0.25) is 0 Å². The largest absolute Gasteiger partial charge is 0.327 e. The number of benzene rings is 1. The van der Waals surface area contributed by atoms with Crippen molar-refractivity contribution in [2.75, 3.05) is 0 Å². The van der Waals surface area contributed by atoms with Gasteiger partial charge in [0.25, 0.3) is 0 Å². The van der Waals surface area contributed by atoms with Crippen LogP contribution < -0.4 is 5.73 Å². The normalized spacial score (nSPS) is 22.1. The summed E-state index contributed by atoms with van der Waals surface area (Å²) in [6, 6.07) is 7.04. The smallest absolute Gasteiger partial charge is 0.123 e. The van der Waals surface area contributed by atoms with Crippen molar-refractivity contribution < 1.29 is 4.39 Å². The van der Waals surface area contributed by atoms with Gasteiger partial charge in [0.1, 0.15) is 5.82 Å². The first-order valence-electron chi connectivity index (χ1n) is 5.57. The lowest BCUT2D eigenvalue weighted by atomic mass is 9.80. The monoisotopic (exact) mass is 207 g/mol. The number of halogens is 1. The lowest BCUT2D eigenvalue weighted by molar-refractivity contribution is 0.356. The Morgan fingerprint density at radius 3 is 2.13 bits per heavy atom. The van der Waals surface area contributed by atoms with E-state index in [2.05, 4.69) is 13.8 Å². The van der Waals surface area contributed by atoms with Crippen LogP contribution in [0.4, 0.5) is 4.39 Å². The second kappa shape index (κ2) is 3.60. The Hall–Kier alpha value is -0.890. The number of hydrogen-bond donors (Lipinski definition) is 1. The summed E-state index contributed by atoms with van der Waals surface area (Å²) in [4.78, 5) is 0. The Morgan fingerprint density at radius 2 is 1.73 bits per heavy atom. The number of hydrogen-bond acceptors (Lipinski definition) is 1. The van der Waals surface area contributed by atoms with Gasteiger partial charge >= 0.3 is 0 Å². The first kappa shape index (κ1) is 10.6. The quantitative estimate of drug-likeness (QED) is 0.810. The van der Waals surface area contributed by atoms with Gasteiger partial charge in [-0.15, -0.1) is 0 Å². The Balaban J connectivity index is 2.21. The van der Waals surface area contributed by atoms with Gasteiger partial charge in [-0.3, -0.25) is 0 Å². The average Bonchev–Trinajstić information content (AvgIpc) is 2.98. The van der Waals surface area contributed by atoms with Crippen molar-refractivity contribution in [3.8, 4) is 0 Å². The SMILES string of the molecule is CC(N)C1(C(C)c2ccc(F)cc2)CC1. The topological polar surface area (TPSA) is 26.0 Å². The molecular formula is C13H18FN. The second-order valence-corrected chi connectivity index (χ2v) is 4.80. The van der Waals surface area contributed by atoms with E-state index in [9.17, 15) is 4.39 Å². The second-order valence-electron chi connectivity index (χ2n) is 4.80. The van der Waals surface area contributed by atoms with Crippen LogP contribution in [0.15, 0.2) is 24.3 Å². The van der Waals surface area contributed by atoms with Crippen LogP contribution in [-0.4, -0.2) is 6.04 Å². The maximum absolute atomic E-state index is 12.8. The molecule has 0 aromatic heterocycles. The molecule has 0 saturated heterocycles. The van der Waals surface area contributed by atoms with E-state index >= 15 is 0 Å². The Bertz CT molecular complexity index is 338. The number of rotatable bonds is 3. The van der Waals surface area contributed by atoms with Crippen molar-refractivity contribution in [2.45, 2.75) is 38.6 Å². The van der Waals surface area contributed by atoms with E-state index in [0.717, 1.165) is 0 Å². The lowest BCUT2D eigenvalue weighted by Gasteiger charge is -2.27. The van der Waals surface area contributed by atoms with Crippen LogP contribution in [0.5, 0.6) is 0 Å². The summed E-state index contributed by atoms with van der Waals surface area (Å²) in [5.41, 5.74) is 7.49. The van der Waals surface area contributed by atoms with Crippen LogP contribution in [0.2, 0.25) is 0 Å². The first-order valence-corrected chi connectivity index (χ1v) is 5.57. The zero-order valence-electron chi connectivity index (χ0n) is 9.33. The average molecular weight is 207 g/mol. The van der Waals surface area contributed by atoms with E-state index in [0.29, 0.717) is 5.92 Å². The molecule has 2 heteroatoms. The molecule has 0 spiro atoms. The van der Waals surface area contributed by atoms with Crippen LogP contribution in [0.3, 0.4) is 0 Å². The third-order valence-electron chi connectivity index (χ3n) is 3.97. The molecule has 1 aliphatic carbocycles.